The number of rotatable bonds is 3. The number of phenolic OH excluding ortho intramolecular Hbond substituents is 1. The molecule has 118 valence electrons. The summed E-state index contributed by atoms with van der Waals surface area (Å²) in [5.74, 6) is -0.000839. The predicted octanol–water partition coefficient (Wildman–Crippen LogP) is 4.08. The summed E-state index contributed by atoms with van der Waals surface area (Å²) in [6, 6.07) is 10.7. The van der Waals surface area contributed by atoms with Crippen molar-refractivity contribution in [3.05, 3.63) is 74.1 Å². The average molecular weight is 351 g/mol. The fourth-order valence-corrected chi connectivity index (χ4v) is 3.01. The second-order valence-corrected chi connectivity index (χ2v) is 6.00. The van der Waals surface area contributed by atoms with Gasteiger partial charge in [-0.05, 0) is 35.4 Å². The van der Waals surface area contributed by atoms with Gasteiger partial charge in [0.05, 0.1) is 6.10 Å². The van der Waals surface area contributed by atoms with Crippen molar-refractivity contribution in [1.82, 2.24) is 0 Å². The molecular weight excluding hydrogens is 339 g/mol. The van der Waals surface area contributed by atoms with Gasteiger partial charge in [-0.15, -0.1) is 0 Å². The van der Waals surface area contributed by atoms with Gasteiger partial charge in [0.15, 0.2) is 0 Å². The SMILES string of the molecule is O=c1cc(CC(O)c2ccc(Cl)cc2Cl)c2ccc(O)cc2o1. The first kappa shape index (κ1) is 15.9. The number of benzene rings is 2. The van der Waals surface area contributed by atoms with Crippen LogP contribution in [0, 0.1) is 0 Å². The number of aliphatic hydroxyl groups excluding tert-OH is 1. The Morgan fingerprint density at radius 2 is 1.87 bits per heavy atom. The number of aromatic hydroxyl groups is 1. The van der Waals surface area contributed by atoms with Gasteiger partial charge < -0.3 is 14.6 Å². The van der Waals surface area contributed by atoms with Crippen molar-refractivity contribution in [2.24, 2.45) is 0 Å². The fraction of sp³-hybridized carbons (Fsp3) is 0.118. The van der Waals surface area contributed by atoms with Crippen molar-refractivity contribution < 1.29 is 14.6 Å². The van der Waals surface area contributed by atoms with Gasteiger partial charge in [-0.1, -0.05) is 29.3 Å². The molecule has 2 aromatic carbocycles. The van der Waals surface area contributed by atoms with Gasteiger partial charge in [-0.3, -0.25) is 0 Å². The Kier molecular flexibility index (Phi) is 4.31. The minimum Gasteiger partial charge on any atom is -0.508 e. The third-order valence-electron chi connectivity index (χ3n) is 3.55. The largest absolute Gasteiger partial charge is 0.508 e. The zero-order valence-electron chi connectivity index (χ0n) is 11.8. The summed E-state index contributed by atoms with van der Waals surface area (Å²) in [5, 5.41) is 21.4. The van der Waals surface area contributed by atoms with Crippen LogP contribution in [-0.2, 0) is 6.42 Å². The van der Waals surface area contributed by atoms with Crippen LogP contribution < -0.4 is 5.63 Å². The molecule has 23 heavy (non-hydrogen) atoms. The first-order valence-corrected chi connectivity index (χ1v) is 7.58. The van der Waals surface area contributed by atoms with E-state index in [4.69, 9.17) is 27.6 Å². The summed E-state index contributed by atoms with van der Waals surface area (Å²) in [6.07, 6.45) is -0.729. The molecule has 1 heterocycles. The first-order chi connectivity index (χ1) is 10.9. The summed E-state index contributed by atoms with van der Waals surface area (Å²) in [5.41, 5.74) is 0.848. The quantitative estimate of drug-likeness (QED) is 0.698. The molecule has 0 aliphatic heterocycles. The van der Waals surface area contributed by atoms with Gasteiger partial charge in [0.25, 0.3) is 0 Å². The number of aliphatic hydroxyl groups is 1. The molecule has 1 unspecified atom stereocenters. The van der Waals surface area contributed by atoms with E-state index >= 15 is 0 Å². The van der Waals surface area contributed by atoms with Gasteiger partial charge in [0, 0.05) is 34.0 Å². The lowest BCUT2D eigenvalue weighted by Gasteiger charge is -2.14. The summed E-state index contributed by atoms with van der Waals surface area (Å²) < 4.78 is 5.07. The lowest BCUT2D eigenvalue weighted by atomic mass is 9.99. The van der Waals surface area contributed by atoms with E-state index in [1.807, 2.05) is 0 Å². The van der Waals surface area contributed by atoms with Crippen LogP contribution in [0.3, 0.4) is 0 Å². The van der Waals surface area contributed by atoms with E-state index in [9.17, 15) is 15.0 Å². The van der Waals surface area contributed by atoms with Crippen LogP contribution in [0.1, 0.15) is 17.2 Å². The Bertz CT molecular complexity index is 934. The highest BCUT2D eigenvalue weighted by Gasteiger charge is 2.16. The Balaban J connectivity index is 2.02. The van der Waals surface area contributed by atoms with Crippen molar-refractivity contribution >= 4 is 34.2 Å². The normalized spacial score (nSPS) is 12.5. The molecule has 0 bridgehead atoms. The molecular formula is C17H12Cl2O4. The minimum atomic E-state index is -0.904. The van der Waals surface area contributed by atoms with Crippen LogP contribution in [0.25, 0.3) is 11.0 Å². The van der Waals surface area contributed by atoms with Crippen LogP contribution in [0.4, 0.5) is 0 Å². The lowest BCUT2D eigenvalue weighted by molar-refractivity contribution is 0.179. The Morgan fingerprint density at radius 1 is 1.09 bits per heavy atom. The fourth-order valence-electron chi connectivity index (χ4n) is 2.48. The van der Waals surface area contributed by atoms with Crippen LogP contribution in [-0.4, -0.2) is 10.2 Å². The van der Waals surface area contributed by atoms with Crippen molar-refractivity contribution in [3.63, 3.8) is 0 Å². The third kappa shape index (κ3) is 3.34. The van der Waals surface area contributed by atoms with E-state index < -0.39 is 11.7 Å². The molecule has 0 fully saturated rings. The van der Waals surface area contributed by atoms with Gasteiger partial charge in [-0.2, -0.15) is 0 Å². The molecule has 0 spiro atoms. The van der Waals surface area contributed by atoms with E-state index in [1.165, 1.54) is 18.2 Å². The number of halogens is 2. The summed E-state index contributed by atoms with van der Waals surface area (Å²) >= 11 is 12.0. The summed E-state index contributed by atoms with van der Waals surface area (Å²) in [6.45, 7) is 0. The van der Waals surface area contributed by atoms with E-state index in [-0.39, 0.29) is 17.8 Å². The predicted molar refractivity (Wildman–Crippen MR) is 89.3 cm³/mol. The van der Waals surface area contributed by atoms with Crippen molar-refractivity contribution in [3.8, 4) is 5.75 Å². The zero-order valence-corrected chi connectivity index (χ0v) is 13.3. The first-order valence-electron chi connectivity index (χ1n) is 6.83. The molecule has 3 rings (SSSR count). The lowest BCUT2D eigenvalue weighted by Crippen LogP contribution is -2.07. The standard InChI is InChI=1S/C17H12Cl2O4/c18-10-1-3-13(14(19)7-10)15(21)5-9-6-17(22)23-16-8-11(20)2-4-12(9)16/h1-4,6-8,15,20-21H,5H2. The minimum absolute atomic E-state index is 0.000839. The van der Waals surface area contributed by atoms with Gasteiger partial charge in [0.1, 0.15) is 11.3 Å². The molecule has 0 amide bonds. The molecule has 1 atom stereocenters. The zero-order chi connectivity index (χ0) is 16.6. The molecule has 0 saturated heterocycles. The highest BCUT2D eigenvalue weighted by atomic mass is 35.5. The molecule has 4 nitrogen and oxygen atoms in total. The van der Waals surface area contributed by atoms with Crippen molar-refractivity contribution in [2.45, 2.75) is 12.5 Å². The van der Waals surface area contributed by atoms with E-state index in [2.05, 4.69) is 0 Å². The number of fused-ring (bicyclic) bond motifs is 1. The van der Waals surface area contributed by atoms with E-state index in [1.54, 1.807) is 24.3 Å². The van der Waals surface area contributed by atoms with Crippen LogP contribution in [0.5, 0.6) is 5.75 Å². The molecule has 0 saturated carbocycles. The molecule has 2 N–H and O–H groups in total. The van der Waals surface area contributed by atoms with Gasteiger partial charge in [-0.25, -0.2) is 4.79 Å². The van der Waals surface area contributed by atoms with E-state index in [0.717, 1.165) is 0 Å². The number of hydrogen-bond donors (Lipinski definition) is 2. The van der Waals surface area contributed by atoms with Crippen LogP contribution in [0.2, 0.25) is 10.0 Å². The Hall–Kier alpha value is -2.01. The maximum absolute atomic E-state index is 11.7. The molecule has 1 aromatic heterocycles. The molecule has 0 aliphatic rings. The highest BCUT2D eigenvalue weighted by Crippen LogP contribution is 2.30. The molecule has 3 aromatic rings. The molecule has 0 aliphatic carbocycles. The van der Waals surface area contributed by atoms with Gasteiger partial charge in [0.2, 0.25) is 0 Å². The highest BCUT2D eigenvalue weighted by molar-refractivity contribution is 6.35. The molecule has 0 radical (unpaired) electrons. The maximum atomic E-state index is 11.7. The number of hydrogen-bond acceptors (Lipinski definition) is 4. The Labute approximate surface area is 141 Å². The second-order valence-electron chi connectivity index (χ2n) is 5.16. The van der Waals surface area contributed by atoms with Crippen LogP contribution in [0.15, 0.2) is 51.7 Å². The third-order valence-corrected chi connectivity index (χ3v) is 4.11. The van der Waals surface area contributed by atoms with E-state index in [0.29, 0.717) is 26.6 Å². The summed E-state index contributed by atoms with van der Waals surface area (Å²) in [4.78, 5) is 11.7. The number of phenols is 1. The summed E-state index contributed by atoms with van der Waals surface area (Å²) in [7, 11) is 0. The maximum Gasteiger partial charge on any atom is 0.336 e. The smallest absolute Gasteiger partial charge is 0.336 e. The van der Waals surface area contributed by atoms with Crippen LogP contribution >= 0.6 is 23.2 Å². The monoisotopic (exact) mass is 350 g/mol. The Morgan fingerprint density at radius 3 is 2.61 bits per heavy atom. The second kappa shape index (κ2) is 6.24. The van der Waals surface area contributed by atoms with Gasteiger partial charge >= 0.3 is 5.63 Å². The van der Waals surface area contributed by atoms with Crippen molar-refractivity contribution in [2.75, 3.05) is 0 Å². The molecule has 6 heteroatoms. The van der Waals surface area contributed by atoms with Crippen molar-refractivity contribution in [1.29, 1.82) is 0 Å². The average Bonchev–Trinajstić information content (AvgIpc) is 2.46. The topological polar surface area (TPSA) is 70.7 Å².